The number of carbonyl (C=O) groups excluding carboxylic acids is 1. The smallest absolute Gasteiger partial charge is 0.258 e. The summed E-state index contributed by atoms with van der Waals surface area (Å²) < 4.78 is 14.6. The molecule has 0 radical (unpaired) electrons. The Hall–Kier alpha value is -3.22. The van der Waals surface area contributed by atoms with Crippen LogP contribution in [0.3, 0.4) is 0 Å². The van der Waals surface area contributed by atoms with Crippen LogP contribution in [0.25, 0.3) is 22.0 Å². The zero-order valence-electron chi connectivity index (χ0n) is 15.6. The number of halogens is 3. The van der Waals surface area contributed by atoms with Gasteiger partial charge in [0.15, 0.2) is 0 Å². The van der Waals surface area contributed by atoms with E-state index in [9.17, 15) is 14.0 Å². The largest absolute Gasteiger partial charge is 0.321 e. The second kappa shape index (κ2) is 7.89. The van der Waals surface area contributed by atoms with Gasteiger partial charge < -0.3 is 9.88 Å². The van der Waals surface area contributed by atoms with Crippen molar-refractivity contribution in [3.8, 4) is 11.1 Å². The fourth-order valence-electron chi connectivity index (χ4n) is 3.19. The topological polar surface area (TPSA) is 64.0 Å². The number of pyridine rings is 2. The molecule has 0 bridgehead atoms. The number of fused-ring (bicyclic) bond motifs is 1. The summed E-state index contributed by atoms with van der Waals surface area (Å²) in [5.74, 6) is -0.916. The maximum atomic E-state index is 13.1. The summed E-state index contributed by atoms with van der Waals surface area (Å²) in [6, 6.07) is 11.6. The Labute approximate surface area is 180 Å². The van der Waals surface area contributed by atoms with E-state index in [1.54, 1.807) is 43.7 Å². The van der Waals surface area contributed by atoms with Gasteiger partial charge in [0.05, 0.1) is 26.8 Å². The first-order valence-electron chi connectivity index (χ1n) is 8.86. The third-order valence-electron chi connectivity index (χ3n) is 4.74. The Morgan fingerprint density at radius 3 is 2.57 bits per heavy atom. The molecule has 30 heavy (non-hydrogen) atoms. The van der Waals surface area contributed by atoms with Crippen LogP contribution in [-0.4, -0.2) is 15.5 Å². The second-order valence-electron chi connectivity index (χ2n) is 6.60. The van der Waals surface area contributed by atoms with Gasteiger partial charge >= 0.3 is 0 Å². The highest BCUT2D eigenvalue weighted by molar-refractivity contribution is 6.41. The third-order valence-corrected chi connectivity index (χ3v) is 5.45. The van der Waals surface area contributed by atoms with E-state index in [4.69, 9.17) is 23.2 Å². The van der Waals surface area contributed by atoms with Crippen LogP contribution in [0, 0.1) is 5.82 Å². The Morgan fingerprint density at radius 1 is 1.10 bits per heavy atom. The maximum Gasteiger partial charge on any atom is 0.258 e. The summed E-state index contributed by atoms with van der Waals surface area (Å²) in [5, 5.41) is 3.81. The predicted octanol–water partition coefficient (Wildman–Crippen LogP) is 5.30. The lowest BCUT2D eigenvalue weighted by Crippen LogP contribution is -2.19. The fourth-order valence-corrected chi connectivity index (χ4v) is 3.82. The molecule has 150 valence electrons. The lowest BCUT2D eigenvalue weighted by Gasteiger charge is -2.14. The number of benzene rings is 2. The van der Waals surface area contributed by atoms with Crippen LogP contribution in [0.1, 0.15) is 10.4 Å². The molecule has 0 aliphatic rings. The molecule has 0 fully saturated rings. The SMILES string of the molecule is Cn1c(=O)c(-c2c(Cl)ccc(NC(=O)c3ccc(F)cc3)c2Cl)cc2cnccc21. The number of hydrogen-bond donors (Lipinski definition) is 1. The first kappa shape index (κ1) is 20.1. The molecule has 0 atom stereocenters. The molecule has 2 aromatic heterocycles. The molecule has 1 N–H and O–H groups in total. The van der Waals surface area contributed by atoms with Crippen LogP contribution in [0.2, 0.25) is 10.0 Å². The van der Waals surface area contributed by atoms with Crippen LogP contribution in [-0.2, 0) is 7.05 Å². The van der Waals surface area contributed by atoms with Crippen molar-refractivity contribution in [3.63, 3.8) is 0 Å². The molecule has 0 saturated heterocycles. The molecule has 5 nitrogen and oxygen atoms in total. The van der Waals surface area contributed by atoms with E-state index < -0.39 is 11.7 Å². The molecular weight excluding hydrogens is 428 g/mol. The zero-order valence-corrected chi connectivity index (χ0v) is 17.1. The van der Waals surface area contributed by atoms with Gasteiger partial charge in [0.1, 0.15) is 5.82 Å². The van der Waals surface area contributed by atoms with Crippen molar-refractivity contribution in [1.82, 2.24) is 9.55 Å². The molecular formula is C22H14Cl2FN3O2. The van der Waals surface area contributed by atoms with Crippen LogP contribution in [0.4, 0.5) is 10.1 Å². The first-order valence-corrected chi connectivity index (χ1v) is 9.61. The van der Waals surface area contributed by atoms with Gasteiger partial charge in [-0.05, 0) is 48.5 Å². The number of nitrogens with one attached hydrogen (secondary N) is 1. The molecule has 8 heteroatoms. The van der Waals surface area contributed by atoms with Crippen molar-refractivity contribution in [2.45, 2.75) is 0 Å². The summed E-state index contributed by atoms with van der Waals surface area (Å²) in [4.78, 5) is 29.6. The van der Waals surface area contributed by atoms with E-state index >= 15 is 0 Å². The van der Waals surface area contributed by atoms with E-state index in [1.165, 1.54) is 28.8 Å². The highest BCUT2D eigenvalue weighted by Gasteiger charge is 2.19. The Balaban J connectivity index is 1.82. The molecule has 0 aliphatic heterocycles. The van der Waals surface area contributed by atoms with Crippen LogP contribution in [0.5, 0.6) is 0 Å². The number of rotatable bonds is 3. The number of aryl methyl sites for hydroxylation is 1. The molecule has 2 heterocycles. The molecule has 0 unspecified atom stereocenters. The number of aromatic nitrogens is 2. The van der Waals surface area contributed by atoms with E-state index in [0.717, 1.165) is 5.39 Å². The summed E-state index contributed by atoms with van der Waals surface area (Å²) >= 11 is 12.9. The Morgan fingerprint density at radius 2 is 1.83 bits per heavy atom. The summed E-state index contributed by atoms with van der Waals surface area (Å²) in [7, 11) is 1.65. The highest BCUT2D eigenvalue weighted by atomic mass is 35.5. The van der Waals surface area contributed by atoms with Gasteiger partial charge in [-0.1, -0.05) is 23.2 Å². The van der Waals surface area contributed by atoms with Gasteiger partial charge in [0, 0.05) is 36.0 Å². The minimum atomic E-state index is -0.471. The summed E-state index contributed by atoms with van der Waals surface area (Å²) in [5.41, 5.74) is 1.55. The van der Waals surface area contributed by atoms with E-state index in [0.29, 0.717) is 11.1 Å². The lowest BCUT2D eigenvalue weighted by molar-refractivity contribution is 0.102. The van der Waals surface area contributed by atoms with E-state index in [1.807, 2.05) is 0 Å². The van der Waals surface area contributed by atoms with Gasteiger partial charge in [0.2, 0.25) is 0 Å². The minimum absolute atomic E-state index is 0.123. The van der Waals surface area contributed by atoms with Crippen molar-refractivity contribution in [2.75, 3.05) is 5.32 Å². The van der Waals surface area contributed by atoms with Gasteiger partial charge in [-0.15, -0.1) is 0 Å². The van der Waals surface area contributed by atoms with E-state index in [2.05, 4.69) is 10.3 Å². The minimum Gasteiger partial charge on any atom is -0.321 e. The standard InChI is InChI=1S/C22H14Cl2FN3O2/c1-28-18-8-9-26-11-13(18)10-15(22(28)30)19-16(23)6-7-17(20(19)24)27-21(29)12-2-4-14(25)5-3-12/h2-11H,1H3,(H,27,29). The average molecular weight is 442 g/mol. The molecule has 0 spiro atoms. The lowest BCUT2D eigenvalue weighted by atomic mass is 10.0. The van der Waals surface area contributed by atoms with Gasteiger partial charge in [-0.25, -0.2) is 4.39 Å². The summed E-state index contributed by atoms with van der Waals surface area (Å²) in [6.07, 6.45) is 3.24. The summed E-state index contributed by atoms with van der Waals surface area (Å²) in [6.45, 7) is 0. The Bertz CT molecular complexity index is 1350. The molecule has 0 aliphatic carbocycles. The van der Waals surface area contributed by atoms with Gasteiger partial charge in [-0.2, -0.15) is 0 Å². The first-order chi connectivity index (χ1) is 14.4. The van der Waals surface area contributed by atoms with Crippen molar-refractivity contribution < 1.29 is 9.18 Å². The Kier molecular flexibility index (Phi) is 5.28. The van der Waals surface area contributed by atoms with E-state index in [-0.39, 0.29) is 32.4 Å². The number of anilines is 1. The van der Waals surface area contributed by atoms with Crippen molar-refractivity contribution >= 4 is 45.7 Å². The molecule has 2 aromatic carbocycles. The molecule has 0 saturated carbocycles. The fraction of sp³-hybridized carbons (Fsp3) is 0.0455. The highest BCUT2D eigenvalue weighted by Crippen LogP contribution is 2.39. The van der Waals surface area contributed by atoms with Crippen LogP contribution in [0.15, 0.2) is 65.7 Å². The van der Waals surface area contributed by atoms with Crippen molar-refractivity contribution in [2.24, 2.45) is 7.05 Å². The monoisotopic (exact) mass is 441 g/mol. The second-order valence-corrected chi connectivity index (χ2v) is 7.39. The third kappa shape index (κ3) is 3.56. The van der Waals surface area contributed by atoms with Crippen molar-refractivity contribution in [1.29, 1.82) is 0 Å². The number of nitrogens with zero attached hydrogens (tertiary/aromatic N) is 2. The van der Waals surface area contributed by atoms with Crippen molar-refractivity contribution in [3.05, 3.63) is 92.7 Å². The van der Waals surface area contributed by atoms with Crippen LogP contribution >= 0.6 is 23.2 Å². The number of amides is 1. The molecule has 1 amide bonds. The average Bonchev–Trinajstić information content (AvgIpc) is 2.74. The van der Waals surface area contributed by atoms with Gasteiger partial charge in [-0.3, -0.25) is 14.6 Å². The zero-order chi connectivity index (χ0) is 21.4. The number of hydrogen-bond acceptors (Lipinski definition) is 3. The van der Waals surface area contributed by atoms with Gasteiger partial charge in [0.25, 0.3) is 11.5 Å². The normalized spacial score (nSPS) is 10.9. The quantitative estimate of drug-likeness (QED) is 0.469. The van der Waals surface area contributed by atoms with Crippen LogP contribution < -0.4 is 10.9 Å². The molecule has 4 rings (SSSR count). The number of carbonyl (C=O) groups is 1. The maximum absolute atomic E-state index is 13.1. The predicted molar refractivity (Wildman–Crippen MR) is 117 cm³/mol. The molecule has 4 aromatic rings.